The molecular weight excluding hydrogens is 296 g/mol. The van der Waals surface area contributed by atoms with E-state index in [1.54, 1.807) is 18.2 Å². The molecule has 18 heavy (non-hydrogen) atoms. The second-order valence-electron chi connectivity index (χ2n) is 4.27. The number of hydrogen-bond acceptors (Lipinski definition) is 3. The van der Waals surface area contributed by atoms with E-state index in [-0.39, 0.29) is 10.6 Å². The van der Waals surface area contributed by atoms with Gasteiger partial charge in [0.15, 0.2) is 0 Å². The second kappa shape index (κ2) is 8.21. The first kappa shape index (κ1) is 15.1. The van der Waals surface area contributed by atoms with Crippen molar-refractivity contribution in [3.63, 3.8) is 0 Å². The lowest BCUT2D eigenvalue weighted by Crippen LogP contribution is -2.15. The van der Waals surface area contributed by atoms with Gasteiger partial charge >= 0.3 is 0 Å². The Morgan fingerprint density at radius 2 is 2.11 bits per heavy atom. The first-order chi connectivity index (χ1) is 8.65. The minimum absolute atomic E-state index is 0.119. The summed E-state index contributed by atoms with van der Waals surface area (Å²) in [5.41, 5.74) is 1.17. The van der Waals surface area contributed by atoms with E-state index in [1.807, 2.05) is 0 Å². The highest BCUT2D eigenvalue weighted by atomic mass is 79.9. The summed E-state index contributed by atoms with van der Waals surface area (Å²) in [5.74, 6) is 0. The van der Waals surface area contributed by atoms with Gasteiger partial charge < -0.3 is 5.32 Å². The molecule has 0 saturated heterocycles. The Morgan fingerprint density at radius 3 is 2.72 bits per heavy atom. The molecule has 0 unspecified atom stereocenters. The van der Waals surface area contributed by atoms with Gasteiger partial charge in [-0.3, -0.25) is 10.1 Å². The van der Waals surface area contributed by atoms with Crippen molar-refractivity contribution in [3.05, 3.63) is 38.3 Å². The van der Waals surface area contributed by atoms with Crippen LogP contribution in [-0.4, -0.2) is 11.5 Å². The summed E-state index contributed by atoms with van der Waals surface area (Å²) in [5, 5.41) is 13.9. The van der Waals surface area contributed by atoms with E-state index in [0.717, 1.165) is 23.1 Å². The molecule has 1 aromatic rings. The average Bonchev–Trinajstić information content (AvgIpc) is 2.35. The number of nitrogens with zero attached hydrogens (tertiary/aromatic N) is 1. The highest BCUT2D eigenvalue weighted by Gasteiger charge is 2.08. The topological polar surface area (TPSA) is 55.2 Å². The Bertz CT molecular complexity index is 397. The number of non-ortho nitro benzene ring substituents is 1. The quantitative estimate of drug-likeness (QED) is 0.448. The smallest absolute Gasteiger partial charge is 0.270 e. The number of hydrogen-bond donors (Lipinski definition) is 1. The van der Waals surface area contributed by atoms with Crippen LogP contribution in [-0.2, 0) is 6.54 Å². The monoisotopic (exact) mass is 314 g/mol. The third-order valence-electron chi connectivity index (χ3n) is 2.77. The molecule has 0 aliphatic heterocycles. The van der Waals surface area contributed by atoms with Gasteiger partial charge in [0.25, 0.3) is 5.69 Å². The van der Waals surface area contributed by atoms with Gasteiger partial charge in [-0.1, -0.05) is 42.1 Å². The van der Waals surface area contributed by atoms with E-state index < -0.39 is 0 Å². The number of halogens is 1. The number of unbranched alkanes of at least 4 members (excludes halogenated alkanes) is 3. The van der Waals surface area contributed by atoms with Crippen molar-refractivity contribution in [1.82, 2.24) is 5.32 Å². The lowest BCUT2D eigenvalue weighted by atomic mass is 10.2. The van der Waals surface area contributed by atoms with E-state index in [4.69, 9.17) is 0 Å². The van der Waals surface area contributed by atoms with Gasteiger partial charge in [0.05, 0.1) is 4.92 Å². The zero-order valence-corrected chi connectivity index (χ0v) is 12.2. The summed E-state index contributed by atoms with van der Waals surface area (Å²) < 4.78 is 0.790. The Hall–Kier alpha value is -0.940. The summed E-state index contributed by atoms with van der Waals surface area (Å²) in [6.07, 6.45) is 4.96. The van der Waals surface area contributed by atoms with Crippen LogP contribution in [0.1, 0.15) is 38.2 Å². The molecule has 1 rings (SSSR count). The largest absolute Gasteiger partial charge is 0.313 e. The van der Waals surface area contributed by atoms with Crippen LogP contribution in [0.25, 0.3) is 0 Å². The van der Waals surface area contributed by atoms with Crippen LogP contribution in [0.3, 0.4) is 0 Å². The van der Waals surface area contributed by atoms with Crippen molar-refractivity contribution in [2.75, 3.05) is 6.54 Å². The highest BCUT2D eigenvalue weighted by Crippen LogP contribution is 2.22. The number of nitro groups is 1. The molecule has 1 aromatic carbocycles. The fourth-order valence-corrected chi connectivity index (χ4v) is 2.20. The molecule has 0 bridgehead atoms. The molecule has 5 heteroatoms. The molecular formula is C13H19BrN2O2. The van der Waals surface area contributed by atoms with Crippen molar-refractivity contribution in [2.24, 2.45) is 0 Å². The Labute approximate surface area is 116 Å². The summed E-state index contributed by atoms with van der Waals surface area (Å²) in [6.45, 7) is 3.93. The maximum atomic E-state index is 10.6. The van der Waals surface area contributed by atoms with E-state index in [9.17, 15) is 10.1 Å². The van der Waals surface area contributed by atoms with Crippen LogP contribution in [0.5, 0.6) is 0 Å². The van der Waals surface area contributed by atoms with Crippen LogP contribution in [0, 0.1) is 10.1 Å². The van der Waals surface area contributed by atoms with Crippen LogP contribution < -0.4 is 5.32 Å². The van der Waals surface area contributed by atoms with Gasteiger partial charge in [-0.15, -0.1) is 0 Å². The standard InChI is InChI=1S/C13H19BrN2O2/c1-2-3-4-5-8-15-10-11-6-7-12(16(17)18)9-13(11)14/h6-7,9,15H,2-5,8,10H2,1H3. The van der Waals surface area contributed by atoms with E-state index in [0.29, 0.717) is 0 Å². The van der Waals surface area contributed by atoms with E-state index in [2.05, 4.69) is 28.2 Å². The molecule has 0 amide bonds. The molecule has 0 atom stereocenters. The molecule has 0 radical (unpaired) electrons. The van der Waals surface area contributed by atoms with Crippen LogP contribution in [0.15, 0.2) is 22.7 Å². The van der Waals surface area contributed by atoms with Crippen molar-refractivity contribution >= 4 is 21.6 Å². The average molecular weight is 315 g/mol. The van der Waals surface area contributed by atoms with Gasteiger partial charge in [0.2, 0.25) is 0 Å². The highest BCUT2D eigenvalue weighted by molar-refractivity contribution is 9.10. The SMILES string of the molecule is CCCCCCNCc1ccc([N+](=O)[O-])cc1Br. The Morgan fingerprint density at radius 1 is 1.33 bits per heavy atom. The van der Waals surface area contributed by atoms with Crippen LogP contribution >= 0.6 is 15.9 Å². The summed E-state index contributed by atoms with van der Waals surface area (Å²) in [6, 6.07) is 4.88. The number of rotatable bonds is 8. The van der Waals surface area contributed by atoms with Crippen molar-refractivity contribution in [2.45, 2.75) is 39.2 Å². The van der Waals surface area contributed by atoms with E-state index in [1.165, 1.54) is 25.7 Å². The lowest BCUT2D eigenvalue weighted by molar-refractivity contribution is -0.384. The molecule has 4 nitrogen and oxygen atoms in total. The van der Waals surface area contributed by atoms with Gasteiger partial charge in [0, 0.05) is 23.2 Å². The van der Waals surface area contributed by atoms with Gasteiger partial charge in [-0.05, 0) is 24.6 Å². The molecule has 1 N–H and O–H groups in total. The molecule has 0 aromatic heterocycles. The fourth-order valence-electron chi connectivity index (χ4n) is 1.69. The van der Waals surface area contributed by atoms with Crippen molar-refractivity contribution in [1.29, 1.82) is 0 Å². The predicted octanol–water partition coefficient (Wildman–Crippen LogP) is 4.03. The predicted molar refractivity (Wildman–Crippen MR) is 76.6 cm³/mol. The van der Waals surface area contributed by atoms with Gasteiger partial charge in [-0.2, -0.15) is 0 Å². The minimum Gasteiger partial charge on any atom is -0.313 e. The Balaban J connectivity index is 2.36. The van der Waals surface area contributed by atoms with Crippen LogP contribution in [0.2, 0.25) is 0 Å². The number of nitro benzene ring substituents is 1. The molecule has 0 saturated carbocycles. The third-order valence-corrected chi connectivity index (χ3v) is 3.51. The minimum atomic E-state index is -0.382. The van der Waals surface area contributed by atoms with E-state index >= 15 is 0 Å². The first-order valence-electron chi connectivity index (χ1n) is 6.28. The number of nitrogens with one attached hydrogen (secondary N) is 1. The van der Waals surface area contributed by atoms with Gasteiger partial charge in [-0.25, -0.2) is 0 Å². The lowest BCUT2D eigenvalue weighted by Gasteiger charge is -2.06. The summed E-state index contributed by atoms with van der Waals surface area (Å²) >= 11 is 3.37. The molecule has 0 spiro atoms. The van der Waals surface area contributed by atoms with Crippen LogP contribution in [0.4, 0.5) is 5.69 Å². The molecule has 0 fully saturated rings. The second-order valence-corrected chi connectivity index (χ2v) is 5.12. The normalized spacial score (nSPS) is 10.6. The summed E-state index contributed by atoms with van der Waals surface area (Å²) in [4.78, 5) is 10.2. The number of benzene rings is 1. The molecule has 0 heterocycles. The maximum absolute atomic E-state index is 10.6. The molecule has 100 valence electrons. The zero-order chi connectivity index (χ0) is 13.4. The molecule has 0 aliphatic rings. The summed E-state index contributed by atoms with van der Waals surface area (Å²) in [7, 11) is 0. The zero-order valence-electron chi connectivity index (χ0n) is 10.6. The Kier molecular flexibility index (Phi) is 6.90. The third kappa shape index (κ3) is 5.14. The molecule has 0 aliphatic carbocycles. The fraction of sp³-hybridized carbons (Fsp3) is 0.538. The first-order valence-corrected chi connectivity index (χ1v) is 7.08. The van der Waals surface area contributed by atoms with Gasteiger partial charge in [0.1, 0.15) is 0 Å². The maximum Gasteiger partial charge on any atom is 0.270 e. The van der Waals surface area contributed by atoms with Crippen molar-refractivity contribution < 1.29 is 4.92 Å². The van der Waals surface area contributed by atoms with Crippen molar-refractivity contribution in [3.8, 4) is 0 Å².